The lowest BCUT2D eigenvalue weighted by Gasteiger charge is -2.41. The smallest absolute Gasteiger partial charge is 0.407 e. The van der Waals surface area contributed by atoms with Gasteiger partial charge in [-0.15, -0.1) is 0 Å². The lowest BCUT2D eigenvalue weighted by molar-refractivity contribution is -0.210. The molecule has 13 nitrogen and oxygen atoms in total. The van der Waals surface area contributed by atoms with E-state index in [1.54, 1.807) is 13.8 Å². The van der Waals surface area contributed by atoms with Crippen molar-refractivity contribution in [3.05, 3.63) is 22.8 Å². The Morgan fingerprint density at radius 3 is 2.08 bits per heavy atom. The summed E-state index contributed by atoms with van der Waals surface area (Å²) in [6.45, 7) is 15.4. The highest BCUT2D eigenvalue weighted by atomic mass is 16.6. The summed E-state index contributed by atoms with van der Waals surface area (Å²) in [5, 5.41) is 26.7. The second-order valence-corrected chi connectivity index (χ2v) is 16.3. The zero-order valence-electron chi connectivity index (χ0n) is 33.3. The van der Waals surface area contributed by atoms with Crippen LogP contribution in [0.25, 0.3) is 0 Å². The molecule has 1 saturated heterocycles. The highest BCUT2D eigenvalue weighted by Gasteiger charge is 2.74. The molecule has 0 radical (unpaired) electrons. The van der Waals surface area contributed by atoms with Gasteiger partial charge in [0.05, 0.1) is 6.42 Å². The number of carbonyl (C=O) groups excluding carboxylic acids is 5. The molecule has 1 amide bonds. The number of hydrogen-bond donors (Lipinski definition) is 3. The minimum atomic E-state index is -2.48. The van der Waals surface area contributed by atoms with Crippen LogP contribution in [0, 0.1) is 5.92 Å². The first-order chi connectivity index (χ1) is 24.7. The quantitative estimate of drug-likeness (QED) is 0.0677. The van der Waals surface area contributed by atoms with Crippen molar-refractivity contribution in [3.8, 4) is 0 Å². The summed E-state index contributed by atoms with van der Waals surface area (Å²) in [6, 6.07) is 0. The second kappa shape index (κ2) is 18.3. The standard InChI is InChI=1S/C40H63NO12/c1-10-25(2)22-32(44)49-29-23-28-33(26(29)3)34-40(48,39(9,47)35(45)51-34)30(24-38(28,8)52-27(4)42)50-31(43)20-18-16-14-12-11-13-15-17-19-21-41-36(46)53-37(5,6)7/h10,28-30,34,47-48H,11-24H2,1-9H3,(H,41,46)/b25-10-/t28-,29+,30-,34-,38-,39+,40+/m0/s1. The normalized spacial score (nSPS) is 29.8. The van der Waals surface area contributed by atoms with E-state index in [-0.39, 0.29) is 25.7 Å². The fraction of sp³-hybridized carbons (Fsp3) is 0.775. The molecule has 0 spiro atoms. The van der Waals surface area contributed by atoms with Crippen LogP contribution in [0.4, 0.5) is 4.79 Å². The van der Waals surface area contributed by atoms with Gasteiger partial charge in [-0.05, 0) is 85.8 Å². The van der Waals surface area contributed by atoms with Crippen LogP contribution in [0.1, 0.15) is 146 Å². The van der Waals surface area contributed by atoms with Gasteiger partial charge in [-0.25, -0.2) is 9.59 Å². The Morgan fingerprint density at radius 2 is 1.51 bits per heavy atom. The number of allylic oxidation sites excluding steroid dienone is 1. The lowest BCUT2D eigenvalue weighted by Crippen LogP contribution is -2.64. The second-order valence-electron chi connectivity index (χ2n) is 16.3. The van der Waals surface area contributed by atoms with Gasteiger partial charge in [0, 0.05) is 32.2 Å². The molecule has 1 heterocycles. The van der Waals surface area contributed by atoms with Crippen LogP contribution in [0.5, 0.6) is 0 Å². The summed E-state index contributed by atoms with van der Waals surface area (Å²) in [4.78, 5) is 63.4. The van der Waals surface area contributed by atoms with Crippen LogP contribution in [0.15, 0.2) is 22.8 Å². The maximum absolute atomic E-state index is 13.3. The number of ether oxygens (including phenoxy) is 5. The average Bonchev–Trinajstić information content (AvgIpc) is 3.42. The van der Waals surface area contributed by atoms with E-state index in [1.807, 2.05) is 40.7 Å². The van der Waals surface area contributed by atoms with Crippen molar-refractivity contribution in [2.45, 2.75) is 187 Å². The Bertz CT molecular complexity index is 1410. The van der Waals surface area contributed by atoms with Crippen LogP contribution in [-0.4, -0.2) is 87.4 Å². The van der Waals surface area contributed by atoms with E-state index < -0.39 is 76.6 Å². The largest absolute Gasteiger partial charge is 0.459 e. The molecule has 0 unspecified atom stereocenters. The average molecular weight is 750 g/mol. The Hall–Kier alpha value is -3.45. The fourth-order valence-electron chi connectivity index (χ4n) is 7.72. The zero-order valence-corrected chi connectivity index (χ0v) is 33.3. The van der Waals surface area contributed by atoms with Crippen LogP contribution >= 0.6 is 0 Å². The van der Waals surface area contributed by atoms with Gasteiger partial charge in [0.1, 0.15) is 23.4 Å². The molecule has 53 heavy (non-hydrogen) atoms. The molecule has 300 valence electrons. The number of fused-ring (bicyclic) bond motifs is 3. The zero-order chi connectivity index (χ0) is 39.8. The maximum Gasteiger partial charge on any atom is 0.407 e. The molecule has 13 heteroatoms. The summed E-state index contributed by atoms with van der Waals surface area (Å²) in [7, 11) is 0. The monoisotopic (exact) mass is 749 g/mol. The number of alkyl carbamates (subject to hydrolysis) is 1. The minimum Gasteiger partial charge on any atom is -0.459 e. The fourth-order valence-corrected chi connectivity index (χ4v) is 7.72. The highest BCUT2D eigenvalue weighted by Crippen LogP contribution is 2.56. The summed E-state index contributed by atoms with van der Waals surface area (Å²) >= 11 is 0. The van der Waals surface area contributed by atoms with Gasteiger partial charge in [-0.1, -0.05) is 56.6 Å². The third-order valence-corrected chi connectivity index (χ3v) is 10.7. The summed E-state index contributed by atoms with van der Waals surface area (Å²) < 4.78 is 28.6. The predicted octanol–water partition coefficient (Wildman–Crippen LogP) is 6.06. The molecule has 1 aliphatic heterocycles. The Kier molecular flexibility index (Phi) is 15.1. The van der Waals surface area contributed by atoms with Crippen molar-refractivity contribution < 1.29 is 57.9 Å². The molecular weight excluding hydrogens is 686 g/mol. The van der Waals surface area contributed by atoms with E-state index in [0.717, 1.165) is 63.9 Å². The number of aliphatic hydroxyl groups is 2. The van der Waals surface area contributed by atoms with Crippen LogP contribution in [0.3, 0.4) is 0 Å². The lowest BCUT2D eigenvalue weighted by atomic mass is 9.75. The van der Waals surface area contributed by atoms with E-state index in [2.05, 4.69) is 5.32 Å². The molecule has 0 aromatic heterocycles. The first kappa shape index (κ1) is 44.0. The number of amides is 1. The molecule has 3 rings (SSSR count). The van der Waals surface area contributed by atoms with Gasteiger partial charge in [0.15, 0.2) is 17.3 Å². The molecule has 2 fully saturated rings. The van der Waals surface area contributed by atoms with E-state index >= 15 is 0 Å². The minimum absolute atomic E-state index is 0.0535. The number of carbonyl (C=O) groups is 5. The van der Waals surface area contributed by atoms with Gasteiger partial charge in [0.2, 0.25) is 0 Å². The highest BCUT2D eigenvalue weighted by molar-refractivity contribution is 5.85. The van der Waals surface area contributed by atoms with Crippen LogP contribution < -0.4 is 5.32 Å². The van der Waals surface area contributed by atoms with Crippen molar-refractivity contribution in [2.75, 3.05) is 6.54 Å². The van der Waals surface area contributed by atoms with Crippen molar-refractivity contribution in [3.63, 3.8) is 0 Å². The molecule has 1 saturated carbocycles. The maximum atomic E-state index is 13.3. The Morgan fingerprint density at radius 1 is 0.925 bits per heavy atom. The molecule has 2 aliphatic carbocycles. The van der Waals surface area contributed by atoms with Gasteiger partial charge in [-0.3, -0.25) is 14.4 Å². The summed E-state index contributed by atoms with van der Waals surface area (Å²) in [5.41, 5.74) is -5.10. The molecule has 3 aliphatic rings. The number of hydrogen-bond acceptors (Lipinski definition) is 12. The number of nitrogens with one attached hydrogen (secondary N) is 1. The topological polar surface area (TPSA) is 184 Å². The van der Waals surface area contributed by atoms with Gasteiger partial charge in [-0.2, -0.15) is 0 Å². The third kappa shape index (κ3) is 11.1. The molecule has 0 bridgehead atoms. The number of rotatable bonds is 17. The third-order valence-electron chi connectivity index (χ3n) is 10.7. The Balaban J connectivity index is 1.61. The summed E-state index contributed by atoms with van der Waals surface area (Å²) in [5.74, 6) is -3.47. The Labute approximate surface area is 314 Å². The first-order valence-corrected chi connectivity index (χ1v) is 19.2. The molecule has 3 N–H and O–H groups in total. The molecule has 7 atom stereocenters. The first-order valence-electron chi connectivity index (χ1n) is 19.2. The van der Waals surface area contributed by atoms with Crippen molar-refractivity contribution in [2.24, 2.45) is 5.92 Å². The number of esters is 4. The van der Waals surface area contributed by atoms with Crippen LogP contribution in [-0.2, 0) is 42.9 Å². The van der Waals surface area contributed by atoms with Crippen molar-refractivity contribution in [1.29, 1.82) is 0 Å². The van der Waals surface area contributed by atoms with Gasteiger partial charge >= 0.3 is 30.0 Å². The van der Waals surface area contributed by atoms with Crippen molar-refractivity contribution >= 4 is 30.0 Å². The van der Waals surface area contributed by atoms with E-state index in [1.165, 1.54) is 6.92 Å². The van der Waals surface area contributed by atoms with E-state index in [4.69, 9.17) is 23.7 Å². The molecule has 0 aromatic carbocycles. The SMILES string of the molecule is C/C=C(/C)CC(=O)O[C@@H]1C[C@H]2C(=C1C)[C@@H]1OC(=O)[C@@](C)(O)[C@@]1(O)[C@@H](OC(=O)CCCCCCCCCCCNC(=O)OC(C)(C)C)C[C@]2(C)OC(C)=O. The van der Waals surface area contributed by atoms with Gasteiger partial charge in [0.25, 0.3) is 0 Å². The molecule has 0 aromatic rings. The van der Waals surface area contributed by atoms with Crippen molar-refractivity contribution in [1.82, 2.24) is 5.32 Å². The predicted molar refractivity (Wildman–Crippen MR) is 195 cm³/mol. The van der Waals surface area contributed by atoms with Gasteiger partial charge < -0.3 is 39.2 Å². The van der Waals surface area contributed by atoms with E-state index in [0.29, 0.717) is 24.1 Å². The van der Waals surface area contributed by atoms with E-state index in [9.17, 15) is 34.2 Å². The number of unbranched alkanes of at least 4 members (excludes halogenated alkanes) is 8. The van der Waals surface area contributed by atoms with Crippen LogP contribution in [0.2, 0.25) is 0 Å². The molecular formula is C40H63NO12. The summed E-state index contributed by atoms with van der Waals surface area (Å²) in [6.07, 6.45) is 6.17.